The number of rotatable bonds is 3. The third-order valence-corrected chi connectivity index (χ3v) is 4.51. The molecule has 2 aliphatic carbocycles. The van der Waals surface area contributed by atoms with Gasteiger partial charge in [0, 0.05) is 5.69 Å². The monoisotopic (exact) mass is 291 g/mol. The van der Waals surface area contributed by atoms with Gasteiger partial charge in [-0.1, -0.05) is 29.9 Å². The lowest BCUT2D eigenvalue weighted by Crippen LogP contribution is -1.98. The van der Waals surface area contributed by atoms with Gasteiger partial charge >= 0.3 is 0 Å². The van der Waals surface area contributed by atoms with Crippen LogP contribution in [0.2, 0.25) is 0 Å². The Morgan fingerprint density at radius 3 is 2.59 bits per heavy atom. The fraction of sp³-hybridized carbons (Fsp3) is 0.381. The number of hydrogen-bond acceptors (Lipinski definition) is 1. The summed E-state index contributed by atoms with van der Waals surface area (Å²) in [5.41, 5.74) is 9.09. The van der Waals surface area contributed by atoms with Gasteiger partial charge in [-0.15, -0.1) is 0 Å². The number of aryl methyl sites for hydroxylation is 2. The lowest BCUT2D eigenvalue weighted by atomic mass is 9.96. The summed E-state index contributed by atoms with van der Waals surface area (Å²) in [6.07, 6.45) is 12.9. The minimum absolute atomic E-state index is 0.694. The van der Waals surface area contributed by atoms with Crippen LogP contribution in [0, 0.1) is 19.8 Å². The Labute approximate surface area is 134 Å². The van der Waals surface area contributed by atoms with Crippen LogP contribution >= 0.6 is 0 Å². The van der Waals surface area contributed by atoms with Gasteiger partial charge in [0.05, 0.1) is 5.69 Å². The molecular formula is C21H25N. The van der Waals surface area contributed by atoms with Crippen LogP contribution in [0.25, 0.3) is 5.57 Å². The van der Waals surface area contributed by atoms with Crippen LogP contribution in [0.5, 0.6) is 0 Å². The van der Waals surface area contributed by atoms with Crippen molar-refractivity contribution in [1.82, 2.24) is 4.98 Å². The molecule has 0 amide bonds. The SMILES string of the molecule is CC1=CCC=C(/C=C(\c2nc(C)ccc2C)C2CC2)C(C)=C1. The summed E-state index contributed by atoms with van der Waals surface area (Å²) in [6, 6.07) is 4.30. The van der Waals surface area contributed by atoms with E-state index < -0.39 is 0 Å². The lowest BCUT2D eigenvalue weighted by molar-refractivity contribution is 1.06. The average Bonchev–Trinajstić information content (AvgIpc) is 3.29. The molecule has 0 aromatic carbocycles. The van der Waals surface area contributed by atoms with E-state index in [-0.39, 0.29) is 0 Å². The Morgan fingerprint density at radius 1 is 1.09 bits per heavy atom. The van der Waals surface area contributed by atoms with E-state index in [1.807, 2.05) is 0 Å². The smallest absolute Gasteiger partial charge is 0.0696 e. The molecule has 114 valence electrons. The van der Waals surface area contributed by atoms with Crippen molar-refractivity contribution >= 4 is 5.57 Å². The van der Waals surface area contributed by atoms with E-state index >= 15 is 0 Å². The molecule has 0 bridgehead atoms. The van der Waals surface area contributed by atoms with Crippen LogP contribution in [0.3, 0.4) is 0 Å². The molecule has 2 aliphatic rings. The van der Waals surface area contributed by atoms with Crippen molar-refractivity contribution in [1.29, 1.82) is 0 Å². The summed E-state index contributed by atoms with van der Waals surface area (Å²) in [5.74, 6) is 0.694. The molecule has 1 saturated carbocycles. The van der Waals surface area contributed by atoms with Gasteiger partial charge in [0.2, 0.25) is 0 Å². The predicted octanol–water partition coefficient (Wildman–Crippen LogP) is 5.71. The van der Waals surface area contributed by atoms with E-state index in [1.54, 1.807) is 0 Å². The Balaban J connectivity index is 2.03. The molecule has 1 heteroatoms. The first-order valence-electron chi connectivity index (χ1n) is 8.26. The zero-order chi connectivity index (χ0) is 15.7. The molecular weight excluding hydrogens is 266 g/mol. The Bertz CT molecular complexity index is 709. The minimum Gasteiger partial charge on any atom is -0.253 e. The molecule has 0 unspecified atom stereocenters. The lowest BCUT2D eigenvalue weighted by Gasteiger charge is -2.12. The Hall–Kier alpha value is -1.89. The summed E-state index contributed by atoms with van der Waals surface area (Å²) in [7, 11) is 0. The first-order valence-corrected chi connectivity index (χ1v) is 8.26. The van der Waals surface area contributed by atoms with Gasteiger partial charge in [0.15, 0.2) is 0 Å². The largest absolute Gasteiger partial charge is 0.253 e. The van der Waals surface area contributed by atoms with E-state index in [1.165, 1.54) is 46.4 Å². The summed E-state index contributed by atoms with van der Waals surface area (Å²) in [4.78, 5) is 4.84. The standard InChI is InChI=1S/C21H25N/c1-14-6-5-7-19(16(3)12-14)13-20(18-10-11-18)21-15(2)8-9-17(4)22-21/h6-9,12-13,18H,5,10-11H2,1-4H3/b20-13-. The molecule has 0 aliphatic heterocycles. The van der Waals surface area contributed by atoms with Gasteiger partial charge in [0.25, 0.3) is 0 Å². The van der Waals surface area contributed by atoms with Crippen molar-refractivity contribution < 1.29 is 0 Å². The number of hydrogen-bond donors (Lipinski definition) is 0. The highest BCUT2D eigenvalue weighted by atomic mass is 14.7. The Kier molecular flexibility index (Phi) is 4.15. The zero-order valence-corrected chi connectivity index (χ0v) is 14.1. The number of allylic oxidation sites excluding steroid dienone is 8. The molecule has 1 nitrogen and oxygen atoms in total. The predicted molar refractivity (Wildman–Crippen MR) is 94.6 cm³/mol. The summed E-state index contributed by atoms with van der Waals surface area (Å²) in [5, 5.41) is 0. The molecule has 0 spiro atoms. The summed E-state index contributed by atoms with van der Waals surface area (Å²) >= 11 is 0. The average molecular weight is 291 g/mol. The maximum atomic E-state index is 4.84. The van der Waals surface area contributed by atoms with E-state index in [0.717, 1.165) is 12.1 Å². The van der Waals surface area contributed by atoms with Crippen molar-refractivity contribution in [2.45, 2.75) is 47.0 Å². The minimum atomic E-state index is 0.694. The zero-order valence-electron chi connectivity index (χ0n) is 14.1. The highest BCUT2D eigenvalue weighted by Crippen LogP contribution is 2.43. The van der Waals surface area contributed by atoms with Crippen LogP contribution in [-0.2, 0) is 0 Å². The van der Waals surface area contributed by atoms with E-state index in [4.69, 9.17) is 4.98 Å². The second-order valence-corrected chi connectivity index (χ2v) is 6.66. The topological polar surface area (TPSA) is 12.9 Å². The molecule has 0 radical (unpaired) electrons. The fourth-order valence-corrected chi connectivity index (χ4v) is 3.05. The van der Waals surface area contributed by atoms with Gasteiger partial charge < -0.3 is 0 Å². The van der Waals surface area contributed by atoms with E-state index in [0.29, 0.717) is 5.92 Å². The second kappa shape index (κ2) is 6.08. The molecule has 0 atom stereocenters. The molecule has 3 rings (SSSR count). The molecule has 0 N–H and O–H groups in total. The van der Waals surface area contributed by atoms with Crippen molar-refractivity contribution in [3.05, 3.63) is 70.1 Å². The van der Waals surface area contributed by atoms with Gasteiger partial charge in [-0.2, -0.15) is 0 Å². The maximum Gasteiger partial charge on any atom is 0.0696 e. The summed E-state index contributed by atoms with van der Waals surface area (Å²) < 4.78 is 0. The number of nitrogens with zero attached hydrogens (tertiary/aromatic N) is 1. The molecule has 1 fully saturated rings. The first kappa shape index (κ1) is 15.0. The highest BCUT2D eigenvalue weighted by molar-refractivity contribution is 5.73. The third-order valence-electron chi connectivity index (χ3n) is 4.51. The highest BCUT2D eigenvalue weighted by Gasteiger charge is 2.29. The molecule has 22 heavy (non-hydrogen) atoms. The number of pyridine rings is 1. The van der Waals surface area contributed by atoms with Crippen LogP contribution in [0.4, 0.5) is 0 Å². The molecule has 0 saturated heterocycles. The van der Waals surface area contributed by atoms with Gasteiger partial charge in [-0.05, 0) is 87.3 Å². The van der Waals surface area contributed by atoms with Crippen LogP contribution in [-0.4, -0.2) is 4.98 Å². The van der Waals surface area contributed by atoms with Crippen molar-refractivity contribution in [2.75, 3.05) is 0 Å². The molecule has 1 aromatic heterocycles. The summed E-state index contributed by atoms with van der Waals surface area (Å²) in [6.45, 7) is 8.65. The fourth-order valence-electron chi connectivity index (χ4n) is 3.05. The normalized spacial score (nSPS) is 19.3. The first-order chi connectivity index (χ1) is 10.5. The van der Waals surface area contributed by atoms with Gasteiger partial charge in [0.1, 0.15) is 0 Å². The van der Waals surface area contributed by atoms with Crippen LogP contribution < -0.4 is 0 Å². The van der Waals surface area contributed by atoms with Crippen LogP contribution in [0.1, 0.15) is 50.1 Å². The van der Waals surface area contributed by atoms with Crippen molar-refractivity contribution in [3.8, 4) is 0 Å². The number of aromatic nitrogens is 1. The van der Waals surface area contributed by atoms with Crippen molar-refractivity contribution in [2.24, 2.45) is 5.92 Å². The molecule has 1 aromatic rings. The van der Waals surface area contributed by atoms with Crippen LogP contribution in [0.15, 0.2) is 53.2 Å². The quantitative estimate of drug-likeness (QED) is 0.694. The van der Waals surface area contributed by atoms with E-state index in [2.05, 4.69) is 64.1 Å². The van der Waals surface area contributed by atoms with E-state index in [9.17, 15) is 0 Å². The maximum absolute atomic E-state index is 4.84. The van der Waals surface area contributed by atoms with Crippen molar-refractivity contribution in [3.63, 3.8) is 0 Å². The molecule has 1 heterocycles. The second-order valence-electron chi connectivity index (χ2n) is 6.66. The third kappa shape index (κ3) is 3.30. The van der Waals surface area contributed by atoms with Gasteiger partial charge in [-0.25, -0.2) is 0 Å². The van der Waals surface area contributed by atoms with Gasteiger partial charge in [-0.3, -0.25) is 4.98 Å². The Morgan fingerprint density at radius 2 is 1.86 bits per heavy atom.